The van der Waals surface area contributed by atoms with Crippen molar-refractivity contribution >= 4 is 23.5 Å². The number of ether oxygens (including phenoxy) is 1. The third kappa shape index (κ3) is 3.41. The Hall–Kier alpha value is -3.55. The average Bonchev–Trinajstić information content (AvgIpc) is 2.66. The van der Waals surface area contributed by atoms with Gasteiger partial charge in [0.25, 0.3) is 11.6 Å². The van der Waals surface area contributed by atoms with E-state index in [0.717, 1.165) is 4.90 Å². The number of fused-ring (bicyclic) bond motifs is 1. The predicted molar refractivity (Wildman–Crippen MR) is 93.8 cm³/mol. The molecule has 27 heavy (non-hydrogen) atoms. The van der Waals surface area contributed by atoms with Crippen molar-refractivity contribution in [2.45, 2.75) is 19.4 Å². The molecule has 0 aliphatic carbocycles. The number of imide groups is 1. The zero-order chi connectivity index (χ0) is 19.6. The number of benzene rings is 2. The lowest BCUT2D eigenvalue weighted by atomic mass is 9.88. The molecule has 0 bridgehead atoms. The van der Waals surface area contributed by atoms with Crippen LogP contribution in [0.2, 0.25) is 0 Å². The lowest BCUT2D eigenvalue weighted by Gasteiger charge is -2.31. The van der Waals surface area contributed by atoms with Crippen molar-refractivity contribution in [2.75, 3.05) is 6.61 Å². The number of esters is 1. The largest absolute Gasteiger partial charge is 0.465 e. The first-order chi connectivity index (χ1) is 12.9. The van der Waals surface area contributed by atoms with Crippen molar-refractivity contribution in [2.24, 2.45) is 0 Å². The van der Waals surface area contributed by atoms with Crippen LogP contribution < -0.4 is 0 Å². The van der Waals surface area contributed by atoms with Gasteiger partial charge in [-0.2, -0.15) is 0 Å². The number of hydrogen-bond donors (Lipinski definition) is 0. The summed E-state index contributed by atoms with van der Waals surface area (Å²) in [6, 6.07) is 12.0. The molecular formula is C19H16N2O6. The highest BCUT2D eigenvalue weighted by Crippen LogP contribution is 2.31. The summed E-state index contributed by atoms with van der Waals surface area (Å²) in [5.74, 6) is -3.23. The van der Waals surface area contributed by atoms with E-state index in [4.69, 9.17) is 4.74 Å². The monoisotopic (exact) mass is 368 g/mol. The molecule has 0 aromatic heterocycles. The standard InChI is InChI=1S/C19H16N2O6/c1-2-27-19(24)16-14-8-3-4-9-15(14)17(22)20(18(16)23)11-12-6-5-7-13(10-12)21(25)26/h3-10,16H,2,11H2,1H3. The fourth-order valence-corrected chi connectivity index (χ4v) is 3.03. The number of carbonyl (C=O) groups excluding carboxylic acids is 3. The Labute approximate surface area is 154 Å². The van der Waals surface area contributed by atoms with Gasteiger partial charge in [0.1, 0.15) is 0 Å². The smallest absolute Gasteiger partial charge is 0.323 e. The van der Waals surface area contributed by atoms with Crippen LogP contribution in [0, 0.1) is 10.1 Å². The van der Waals surface area contributed by atoms with E-state index in [1.165, 1.54) is 24.3 Å². The summed E-state index contributed by atoms with van der Waals surface area (Å²) >= 11 is 0. The van der Waals surface area contributed by atoms with Crippen molar-refractivity contribution in [3.05, 3.63) is 75.3 Å². The van der Waals surface area contributed by atoms with Gasteiger partial charge in [0.15, 0.2) is 5.92 Å². The molecule has 1 heterocycles. The summed E-state index contributed by atoms with van der Waals surface area (Å²) in [7, 11) is 0. The lowest BCUT2D eigenvalue weighted by Crippen LogP contribution is -2.46. The molecule has 2 aromatic carbocycles. The Balaban J connectivity index is 2.00. The van der Waals surface area contributed by atoms with Crippen LogP contribution in [0.25, 0.3) is 0 Å². The molecule has 0 spiro atoms. The van der Waals surface area contributed by atoms with E-state index < -0.39 is 28.6 Å². The Bertz CT molecular complexity index is 939. The van der Waals surface area contributed by atoms with Gasteiger partial charge in [-0.05, 0) is 24.1 Å². The second-order valence-corrected chi connectivity index (χ2v) is 5.93. The summed E-state index contributed by atoms with van der Waals surface area (Å²) < 4.78 is 5.01. The van der Waals surface area contributed by atoms with Crippen molar-refractivity contribution < 1.29 is 24.0 Å². The Morgan fingerprint density at radius 2 is 1.93 bits per heavy atom. The van der Waals surface area contributed by atoms with Crippen molar-refractivity contribution in [1.82, 2.24) is 4.90 Å². The van der Waals surface area contributed by atoms with Crippen LogP contribution in [-0.4, -0.2) is 34.2 Å². The molecule has 0 radical (unpaired) electrons. The van der Waals surface area contributed by atoms with Crippen molar-refractivity contribution in [1.29, 1.82) is 0 Å². The number of carbonyl (C=O) groups is 3. The lowest BCUT2D eigenvalue weighted by molar-refractivity contribution is -0.384. The zero-order valence-corrected chi connectivity index (χ0v) is 14.5. The van der Waals surface area contributed by atoms with Crippen LogP contribution in [0.4, 0.5) is 5.69 Å². The quantitative estimate of drug-likeness (QED) is 0.264. The molecule has 2 amide bonds. The molecule has 3 rings (SSSR count). The van der Waals surface area contributed by atoms with Crippen LogP contribution in [0.15, 0.2) is 48.5 Å². The molecule has 1 atom stereocenters. The highest BCUT2D eigenvalue weighted by atomic mass is 16.6. The second-order valence-electron chi connectivity index (χ2n) is 5.93. The fourth-order valence-electron chi connectivity index (χ4n) is 3.03. The first kappa shape index (κ1) is 18.2. The van der Waals surface area contributed by atoms with Crippen molar-refractivity contribution in [3.63, 3.8) is 0 Å². The number of rotatable bonds is 5. The number of hydrogen-bond acceptors (Lipinski definition) is 6. The van der Waals surface area contributed by atoms with Crippen LogP contribution in [0.3, 0.4) is 0 Å². The van der Waals surface area contributed by atoms with Gasteiger partial charge in [-0.1, -0.05) is 30.3 Å². The number of non-ortho nitro benzene ring substituents is 1. The van der Waals surface area contributed by atoms with Crippen LogP contribution in [0.1, 0.15) is 34.3 Å². The minimum atomic E-state index is -1.24. The third-order valence-corrected chi connectivity index (χ3v) is 4.24. The Morgan fingerprint density at radius 1 is 1.19 bits per heavy atom. The number of nitro groups is 1. The summed E-state index contributed by atoms with van der Waals surface area (Å²) in [5, 5.41) is 10.9. The molecule has 0 fully saturated rings. The first-order valence-electron chi connectivity index (χ1n) is 8.28. The van der Waals surface area contributed by atoms with E-state index in [1.54, 1.807) is 31.2 Å². The molecule has 1 aliphatic heterocycles. The van der Waals surface area contributed by atoms with Crippen LogP contribution in [-0.2, 0) is 20.9 Å². The SMILES string of the molecule is CCOC(=O)C1C(=O)N(Cc2cccc([N+](=O)[O-])c2)C(=O)c2ccccc21. The minimum Gasteiger partial charge on any atom is -0.465 e. The number of nitro benzene ring substituents is 1. The molecule has 8 heteroatoms. The van der Waals surface area contributed by atoms with Gasteiger partial charge >= 0.3 is 5.97 Å². The van der Waals surface area contributed by atoms with E-state index >= 15 is 0 Å². The zero-order valence-electron chi connectivity index (χ0n) is 14.5. The third-order valence-electron chi connectivity index (χ3n) is 4.24. The van der Waals surface area contributed by atoms with Gasteiger partial charge in [0, 0.05) is 17.7 Å². The number of nitrogens with zero attached hydrogens (tertiary/aromatic N) is 2. The maximum atomic E-state index is 12.9. The maximum absolute atomic E-state index is 12.9. The molecule has 2 aromatic rings. The van der Waals surface area contributed by atoms with Gasteiger partial charge in [-0.15, -0.1) is 0 Å². The van der Waals surface area contributed by atoms with Crippen molar-refractivity contribution in [3.8, 4) is 0 Å². The van der Waals surface area contributed by atoms with Gasteiger partial charge in [-0.3, -0.25) is 29.4 Å². The number of amides is 2. The van der Waals surface area contributed by atoms with Gasteiger partial charge < -0.3 is 4.74 Å². The molecular weight excluding hydrogens is 352 g/mol. The van der Waals surface area contributed by atoms with E-state index in [2.05, 4.69) is 0 Å². The van der Waals surface area contributed by atoms with Crippen LogP contribution in [0.5, 0.6) is 0 Å². The highest BCUT2D eigenvalue weighted by molar-refractivity contribution is 6.17. The van der Waals surface area contributed by atoms with E-state index in [-0.39, 0.29) is 24.4 Å². The fraction of sp³-hybridized carbons (Fsp3) is 0.211. The van der Waals surface area contributed by atoms with Gasteiger partial charge in [0.2, 0.25) is 5.91 Å². The molecule has 0 saturated carbocycles. The second kappa shape index (κ2) is 7.36. The molecule has 1 aliphatic rings. The van der Waals surface area contributed by atoms with E-state index in [1.807, 2.05) is 0 Å². The van der Waals surface area contributed by atoms with Gasteiger partial charge in [-0.25, -0.2) is 0 Å². The molecule has 0 saturated heterocycles. The normalized spacial score (nSPS) is 16.0. The van der Waals surface area contributed by atoms with Crippen LogP contribution >= 0.6 is 0 Å². The summed E-state index contributed by atoms with van der Waals surface area (Å²) in [4.78, 5) is 49.4. The highest BCUT2D eigenvalue weighted by Gasteiger charge is 2.43. The molecule has 0 N–H and O–H groups in total. The topological polar surface area (TPSA) is 107 Å². The minimum absolute atomic E-state index is 0.101. The summed E-state index contributed by atoms with van der Waals surface area (Å²) in [6.45, 7) is 1.55. The predicted octanol–water partition coefficient (Wildman–Crippen LogP) is 2.42. The summed E-state index contributed by atoms with van der Waals surface area (Å²) in [5.41, 5.74) is 0.807. The maximum Gasteiger partial charge on any atom is 0.323 e. The first-order valence-corrected chi connectivity index (χ1v) is 8.28. The Kier molecular flexibility index (Phi) is 4.98. The average molecular weight is 368 g/mol. The van der Waals surface area contributed by atoms with Gasteiger partial charge in [0.05, 0.1) is 18.1 Å². The Morgan fingerprint density at radius 3 is 2.63 bits per heavy atom. The molecule has 1 unspecified atom stereocenters. The molecule has 138 valence electrons. The van der Waals surface area contributed by atoms with E-state index in [0.29, 0.717) is 11.1 Å². The van der Waals surface area contributed by atoms with E-state index in [9.17, 15) is 24.5 Å². The molecule has 8 nitrogen and oxygen atoms in total. The summed E-state index contributed by atoms with van der Waals surface area (Å²) in [6.07, 6.45) is 0.